The molecule has 0 radical (unpaired) electrons. The highest BCUT2D eigenvalue weighted by Crippen LogP contribution is 2.31. The first-order valence-electron chi connectivity index (χ1n) is 14.6. The molecule has 4 heterocycles. The third kappa shape index (κ3) is 6.03. The number of nitrogens with one attached hydrogen (secondary N) is 3. The number of carbonyl (C=O) groups is 1. The molecule has 12 heteroatoms. The largest absolute Gasteiger partial charge is 0.381 e. The average molecular weight is 594 g/mol. The fourth-order valence-electron chi connectivity index (χ4n) is 5.85. The molecule has 0 saturated carbocycles. The third-order valence-electron chi connectivity index (χ3n) is 8.45. The lowest BCUT2D eigenvalue weighted by Crippen LogP contribution is -2.44. The summed E-state index contributed by atoms with van der Waals surface area (Å²) in [6, 6.07) is 13.1. The molecule has 0 aliphatic carbocycles. The number of hydrogen-bond acceptors (Lipinski definition) is 8. The molecule has 3 aliphatic rings. The molecule has 1 amide bonds. The number of fused-ring (bicyclic) bond motifs is 1. The first-order valence-corrected chi connectivity index (χ1v) is 16.1. The number of aromatic nitrogens is 2. The van der Waals surface area contributed by atoms with Crippen molar-refractivity contribution in [3.05, 3.63) is 64.8 Å². The van der Waals surface area contributed by atoms with Crippen LogP contribution in [0.25, 0.3) is 0 Å². The van der Waals surface area contributed by atoms with Crippen molar-refractivity contribution in [3.63, 3.8) is 0 Å². The van der Waals surface area contributed by atoms with Gasteiger partial charge in [-0.05, 0) is 62.7 Å². The van der Waals surface area contributed by atoms with Gasteiger partial charge >= 0.3 is 0 Å². The summed E-state index contributed by atoms with van der Waals surface area (Å²) in [5.74, 6) is 0.0711. The molecule has 2 aromatic carbocycles. The summed E-state index contributed by atoms with van der Waals surface area (Å²) in [5, 5.41) is 14.0. The van der Waals surface area contributed by atoms with Gasteiger partial charge in [-0.3, -0.25) is 9.89 Å². The zero-order chi connectivity index (χ0) is 29.3. The number of benzene rings is 2. The highest BCUT2D eigenvalue weighted by Gasteiger charge is 2.32. The van der Waals surface area contributed by atoms with Crippen molar-refractivity contribution in [3.8, 4) is 0 Å². The zero-order valence-electron chi connectivity index (χ0n) is 24.2. The zero-order valence-corrected chi connectivity index (χ0v) is 25.0. The molecule has 3 aromatic rings. The molecule has 1 aromatic heterocycles. The van der Waals surface area contributed by atoms with Crippen molar-refractivity contribution < 1.29 is 17.9 Å². The van der Waals surface area contributed by atoms with Gasteiger partial charge in [0.1, 0.15) is 0 Å². The summed E-state index contributed by atoms with van der Waals surface area (Å²) in [5.41, 5.74) is 4.81. The number of likely N-dealkylation sites (N-methyl/N-ethyl adjacent to an activating group) is 1. The Kier molecular flexibility index (Phi) is 8.22. The Morgan fingerprint density at radius 1 is 1.05 bits per heavy atom. The summed E-state index contributed by atoms with van der Waals surface area (Å²) >= 11 is 0. The number of aryl methyl sites for hydroxylation is 1. The number of rotatable bonds is 7. The fraction of sp³-hybridized carbons (Fsp3) is 0.467. The Labute approximate surface area is 247 Å². The minimum absolute atomic E-state index is 0.132. The molecule has 2 fully saturated rings. The van der Waals surface area contributed by atoms with Crippen LogP contribution in [0, 0.1) is 6.92 Å². The summed E-state index contributed by atoms with van der Waals surface area (Å²) in [7, 11) is -1.56. The standard InChI is InChI=1S/C30H39N7O4S/c1-21-4-3-5-24(18-21)42(39,40)37-11-8-27-26(20-37)29(34-33-27)32-30(38)25-7-6-23(36-14-12-35(2)13-15-36)19-28(25)31-22-9-16-41-17-10-22/h3-7,18-19,22,31H,8-17,20H2,1-2H3,(H2,32,33,34,38). The predicted molar refractivity (Wildman–Crippen MR) is 163 cm³/mol. The van der Waals surface area contributed by atoms with E-state index in [9.17, 15) is 13.2 Å². The second-order valence-electron chi connectivity index (χ2n) is 11.4. The molecule has 0 bridgehead atoms. The van der Waals surface area contributed by atoms with Gasteiger partial charge in [0.2, 0.25) is 10.0 Å². The van der Waals surface area contributed by atoms with Crippen molar-refractivity contribution in [1.29, 1.82) is 0 Å². The molecule has 2 saturated heterocycles. The van der Waals surface area contributed by atoms with Gasteiger partial charge in [-0.2, -0.15) is 9.40 Å². The maximum absolute atomic E-state index is 13.7. The second-order valence-corrected chi connectivity index (χ2v) is 13.4. The van der Waals surface area contributed by atoms with Crippen LogP contribution in [0.3, 0.4) is 0 Å². The van der Waals surface area contributed by atoms with Crippen molar-refractivity contribution in [2.45, 2.75) is 43.7 Å². The molecule has 6 rings (SSSR count). The fourth-order valence-corrected chi connectivity index (χ4v) is 7.37. The number of ether oxygens (including phenoxy) is 1. The van der Waals surface area contributed by atoms with E-state index in [-0.39, 0.29) is 23.4 Å². The van der Waals surface area contributed by atoms with E-state index in [0.717, 1.165) is 61.7 Å². The number of anilines is 3. The summed E-state index contributed by atoms with van der Waals surface area (Å²) in [6.45, 7) is 7.58. The monoisotopic (exact) mass is 593 g/mol. The molecule has 3 N–H and O–H groups in total. The minimum Gasteiger partial charge on any atom is -0.381 e. The quantitative estimate of drug-likeness (QED) is 0.382. The molecule has 224 valence electrons. The van der Waals surface area contributed by atoms with Crippen LogP contribution in [-0.2, 0) is 27.7 Å². The summed E-state index contributed by atoms with van der Waals surface area (Å²) in [6.07, 6.45) is 2.23. The highest BCUT2D eigenvalue weighted by atomic mass is 32.2. The second kappa shape index (κ2) is 12.0. The molecular formula is C30H39N7O4S. The van der Waals surface area contributed by atoms with E-state index in [2.05, 4.69) is 43.7 Å². The molecule has 3 aliphatic heterocycles. The molecule has 42 heavy (non-hydrogen) atoms. The number of carbonyl (C=O) groups excluding carboxylic acids is 1. The van der Waals surface area contributed by atoms with Crippen LogP contribution in [0.4, 0.5) is 17.2 Å². The lowest BCUT2D eigenvalue weighted by molar-refractivity contribution is 0.0904. The highest BCUT2D eigenvalue weighted by molar-refractivity contribution is 7.89. The summed E-state index contributed by atoms with van der Waals surface area (Å²) < 4.78 is 33.8. The molecule has 11 nitrogen and oxygen atoms in total. The van der Waals surface area contributed by atoms with Crippen molar-refractivity contribution in [2.24, 2.45) is 0 Å². The molecule has 0 atom stereocenters. The normalized spacial score (nSPS) is 19.0. The maximum atomic E-state index is 13.7. The van der Waals surface area contributed by atoms with Crippen molar-refractivity contribution in [1.82, 2.24) is 19.4 Å². The number of H-pyrrole nitrogens is 1. The number of hydrogen-bond donors (Lipinski definition) is 3. The Balaban J connectivity index is 1.24. The van der Waals surface area contributed by atoms with Gasteiger partial charge in [0.05, 0.1) is 10.5 Å². The lowest BCUT2D eigenvalue weighted by Gasteiger charge is -2.34. The van der Waals surface area contributed by atoms with Crippen LogP contribution in [-0.4, -0.2) is 92.8 Å². The van der Waals surface area contributed by atoms with E-state index < -0.39 is 10.0 Å². The number of amides is 1. The first-order chi connectivity index (χ1) is 20.3. The Bertz CT molecular complexity index is 1540. The molecular weight excluding hydrogens is 554 g/mol. The van der Waals surface area contributed by atoms with Crippen molar-refractivity contribution in [2.75, 3.05) is 68.5 Å². The maximum Gasteiger partial charge on any atom is 0.258 e. The van der Waals surface area contributed by atoms with E-state index in [0.29, 0.717) is 43.1 Å². The Hall–Kier alpha value is -3.45. The SMILES string of the molecule is Cc1cccc(S(=O)(=O)N2CCc3[nH]nc(NC(=O)c4ccc(N5CCN(C)CC5)cc4NC4CCOCC4)c3C2)c1. The van der Waals surface area contributed by atoms with E-state index in [4.69, 9.17) is 4.74 Å². The van der Waals surface area contributed by atoms with E-state index in [1.165, 1.54) is 4.31 Å². The van der Waals surface area contributed by atoms with Gasteiger partial charge < -0.3 is 25.2 Å². The number of aromatic amines is 1. The van der Waals surface area contributed by atoms with Gasteiger partial charge in [-0.25, -0.2) is 8.42 Å². The topological polar surface area (TPSA) is 123 Å². The van der Waals surface area contributed by atoms with Crippen molar-refractivity contribution >= 4 is 33.1 Å². The van der Waals surface area contributed by atoms with Gasteiger partial charge in [-0.15, -0.1) is 0 Å². The number of piperazine rings is 1. The Morgan fingerprint density at radius 2 is 1.83 bits per heavy atom. The first kappa shape index (κ1) is 28.7. The van der Waals surface area contributed by atoms with Gasteiger partial charge in [0, 0.05) is 87.6 Å². The van der Waals surface area contributed by atoms with Crippen LogP contribution >= 0.6 is 0 Å². The molecule has 0 unspecified atom stereocenters. The van der Waals surface area contributed by atoms with E-state index in [1.54, 1.807) is 18.2 Å². The van der Waals surface area contributed by atoms with Crippen LogP contribution in [0.5, 0.6) is 0 Å². The lowest BCUT2D eigenvalue weighted by atomic mass is 10.1. The van der Waals surface area contributed by atoms with E-state index >= 15 is 0 Å². The summed E-state index contributed by atoms with van der Waals surface area (Å²) in [4.78, 5) is 18.7. The van der Waals surface area contributed by atoms with Crippen LogP contribution in [0.2, 0.25) is 0 Å². The average Bonchev–Trinajstić information content (AvgIpc) is 3.40. The Morgan fingerprint density at radius 3 is 2.60 bits per heavy atom. The van der Waals surface area contributed by atoms with Gasteiger partial charge in [0.15, 0.2) is 5.82 Å². The third-order valence-corrected chi connectivity index (χ3v) is 10.3. The van der Waals surface area contributed by atoms with Crippen LogP contribution in [0.1, 0.15) is 40.0 Å². The molecule has 0 spiro atoms. The van der Waals surface area contributed by atoms with E-state index in [1.807, 2.05) is 25.1 Å². The van der Waals surface area contributed by atoms with Gasteiger partial charge in [-0.1, -0.05) is 12.1 Å². The smallest absolute Gasteiger partial charge is 0.258 e. The van der Waals surface area contributed by atoms with Crippen LogP contribution in [0.15, 0.2) is 47.4 Å². The number of nitrogens with zero attached hydrogens (tertiary/aromatic N) is 4. The number of sulfonamides is 1. The predicted octanol–water partition coefficient (Wildman–Crippen LogP) is 3.06. The van der Waals surface area contributed by atoms with Gasteiger partial charge in [0.25, 0.3) is 5.91 Å². The van der Waals surface area contributed by atoms with Crippen LogP contribution < -0.4 is 15.5 Å². The minimum atomic E-state index is -3.69.